The van der Waals surface area contributed by atoms with Crippen LogP contribution in [0.25, 0.3) is 22.4 Å². The maximum Gasteiger partial charge on any atom is 0.433 e. The minimum Gasteiger partial charge on any atom is -0.243 e. The predicted molar refractivity (Wildman–Crippen MR) is 85.1 cm³/mol. The van der Waals surface area contributed by atoms with Crippen molar-refractivity contribution in [3.05, 3.63) is 78.0 Å². The van der Waals surface area contributed by atoms with Gasteiger partial charge in [0.05, 0.1) is 11.3 Å². The lowest BCUT2D eigenvalue weighted by molar-refractivity contribution is -0.141. The molecule has 3 rings (SSSR count). The summed E-state index contributed by atoms with van der Waals surface area (Å²) in [7, 11) is 0. The van der Waals surface area contributed by atoms with Gasteiger partial charge >= 0.3 is 12.4 Å². The molecule has 0 atom stereocenters. The summed E-state index contributed by atoms with van der Waals surface area (Å²) in [5, 5.41) is 0. The van der Waals surface area contributed by atoms with E-state index >= 15 is 0 Å². The molecule has 0 bridgehead atoms. The molecule has 1 heterocycles. The van der Waals surface area contributed by atoms with Gasteiger partial charge in [0, 0.05) is 5.56 Å². The lowest BCUT2D eigenvalue weighted by Crippen LogP contribution is -2.09. The van der Waals surface area contributed by atoms with Crippen LogP contribution in [0.4, 0.5) is 26.3 Å². The van der Waals surface area contributed by atoms with Gasteiger partial charge in [-0.25, -0.2) is 4.98 Å². The maximum absolute atomic E-state index is 13.2. The van der Waals surface area contributed by atoms with E-state index in [1.165, 1.54) is 6.07 Å². The first kappa shape index (κ1) is 18.0. The van der Waals surface area contributed by atoms with Gasteiger partial charge in [0.15, 0.2) is 0 Å². The number of aromatic nitrogens is 1. The van der Waals surface area contributed by atoms with Gasteiger partial charge in [-0.2, -0.15) is 26.3 Å². The molecule has 3 aromatic rings. The Morgan fingerprint density at radius 2 is 1.19 bits per heavy atom. The first-order valence-electron chi connectivity index (χ1n) is 7.47. The van der Waals surface area contributed by atoms with E-state index in [4.69, 9.17) is 0 Å². The molecule has 0 amide bonds. The Labute approximate surface area is 144 Å². The van der Waals surface area contributed by atoms with Gasteiger partial charge in [-0.05, 0) is 35.4 Å². The SMILES string of the molecule is FC(F)(F)c1ccc(-c2cc(-c3ccccc3)nc(C(F)(F)F)c2)cc1. The third kappa shape index (κ3) is 3.87. The number of rotatable bonds is 2. The molecule has 0 aliphatic carbocycles. The average molecular weight is 367 g/mol. The molecule has 0 aliphatic heterocycles. The van der Waals surface area contributed by atoms with Gasteiger partial charge in [0.1, 0.15) is 5.69 Å². The molecule has 1 nitrogen and oxygen atoms in total. The Morgan fingerprint density at radius 3 is 1.73 bits per heavy atom. The minimum atomic E-state index is -4.68. The molecule has 0 saturated carbocycles. The number of hydrogen-bond donors (Lipinski definition) is 0. The fourth-order valence-corrected chi connectivity index (χ4v) is 2.45. The van der Waals surface area contributed by atoms with Crippen molar-refractivity contribution < 1.29 is 26.3 Å². The second-order valence-corrected chi connectivity index (χ2v) is 5.57. The molecule has 0 unspecified atom stereocenters. The first-order valence-corrected chi connectivity index (χ1v) is 7.47. The van der Waals surface area contributed by atoms with E-state index in [2.05, 4.69) is 4.98 Å². The van der Waals surface area contributed by atoms with E-state index in [1.807, 2.05) is 0 Å². The van der Waals surface area contributed by atoms with Gasteiger partial charge in [0.25, 0.3) is 0 Å². The zero-order valence-corrected chi connectivity index (χ0v) is 13.1. The monoisotopic (exact) mass is 367 g/mol. The van der Waals surface area contributed by atoms with Gasteiger partial charge in [-0.1, -0.05) is 42.5 Å². The maximum atomic E-state index is 13.2. The lowest BCUT2D eigenvalue weighted by Gasteiger charge is -2.13. The summed E-state index contributed by atoms with van der Waals surface area (Å²) in [5.74, 6) is 0. The van der Waals surface area contributed by atoms with Crippen LogP contribution >= 0.6 is 0 Å². The Hall–Kier alpha value is -2.83. The van der Waals surface area contributed by atoms with Gasteiger partial charge in [-0.15, -0.1) is 0 Å². The molecule has 26 heavy (non-hydrogen) atoms. The van der Waals surface area contributed by atoms with Crippen LogP contribution in [0.2, 0.25) is 0 Å². The van der Waals surface area contributed by atoms with Crippen LogP contribution in [-0.2, 0) is 12.4 Å². The van der Waals surface area contributed by atoms with Crippen LogP contribution in [0.1, 0.15) is 11.3 Å². The number of halogens is 6. The van der Waals surface area contributed by atoms with E-state index in [-0.39, 0.29) is 16.8 Å². The number of nitrogens with zero attached hydrogens (tertiary/aromatic N) is 1. The highest BCUT2D eigenvalue weighted by Crippen LogP contribution is 2.35. The third-order valence-corrected chi connectivity index (χ3v) is 3.73. The largest absolute Gasteiger partial charge is 0.433 e. The standard InChI is InChI=1S/C19H11F6N/c20-18(21,22)15-8-6-12(7-9-15)14-10-16(13-4-2-1-3-5-13)26-17(11-14)19(23,24)25/h1-11H. The molecule has 0 radical (unpaired) electrons. The van der Waals surface area contributed by atoms with Gasteiger partial charge < -0.3 is 0 Å². The van der Waals surface area contributed by atoms with Crippen molar-refractivity contribution >= 4 is 0 Å². The second kappa shape index (κ2) is 6.48. The predicted octanol–water partition coefficient (Wildman–Crippen LogP) is 6.45. The summed E-state index contributed by atoms with van der Waals surface area (Å²) >= 11 is 0. The lowest BCUT2D eigenvalue weighted by atomic mass is 10.0. The van der Waals surface area contributed by atoms with Crippen molar-refractivity contribution in [1.29, 1.82) is 0 Å². The summed E-state index contributed by atoms with van der Waals surface area (Å²) in [6.45, 7) is 0. The van der Waals surface area contributed by atoms with Crippen LogP contribution in [-0.4, -0.2) is 4.98 Å². The van der Waals surface area contributed by atoms with Crippen LogP contribution in [0.5, 0.6) is 0 Å². The normalized spacial score (nSPS) is 12.2. The Balaban J connectivity index is 2.12. The fraction of sp³-hybridized carbons (Fsp3) is 0.105. The number of hydrogen-bond acceptors (Lipinski definition) is 1. The molecule has 0 N–H and O–H groups in total. The van der Waals surface area contributed by atoms with Crippen LogP contribution < -0.4 is 0 Å². The molecule has 0 spiro atoms. The molecule has 2 aromatic carbocycles. The zero-order chi connectivity index (χ0) is 18.9. The third-order valence-electron chi connectivity index (χ3n) is 3.73. The average Bonchev–Trinajstić information content (AvgIpc) is 2.61. The van der Waals surface area contributed by atoms with Crippen molar-refractivity contribution in [3.8, 4) is 22.4 Å². The summed E-state index contributed by atoms with van der Waals surface area (Å²) in [5.41, 5.74) is -1.02. The molecule has 7 heteroatoms. The summed E-state index contributed by atoms with van der Waals surface area (Å²) in [4.78, 5) is 3.65. The fourth-order valence-electron chi connectivity index (χ4n) is 2.45. The molecule has 0 saturated heterocycles. The van der Waals surface area contributed by atoms with E-state index in [9.17, 15) is 26.3 Å². The van der Waals surface area contributed by atoms with E-state index in [1.54, 1.807) is 30.3 Å². The Kier molecular flexibility index (Phi) is 4.48. The highest BCUT2D eigenvalue weighted by Gasteiger charge is 2.34. The number of pyridine rings is 1. The van der Waals surface area contributed by atoms with Crippen molar-refractivity contribution in [2.24, 2.45) is 0 Å². The van der Waals surface area contributed by atoms with Crippen molar-refractivity contribution in [2.75, 3.05) is 0 Å². The topological polar surface area (TPSA) is 12.9 Å². The van der Waals surface area contributed by atoms with E-state index in [0.29, 0.717) is 5.56 Å². The minimum absolute atomic E-state index is 0.0929. The summed E-state index contributed by atoms with van der Waals surface area (Å²) < 4.78 is 77.6. The van der Waals surface area contributed by atoms with Gasteiger partial charge in [-0.3, -0.25) is 0 Å². The smallest absolute Gasteiger partial charge is 0.243 e. The van der Waals surface area contributed by atoms with E-state index < -0.39 is 23.6 Å². The quantitative estimate of drug-likeness (QED) is 0.474. The highest BCUT2D eigenvalue weighted by atomic mass is 19.4. The molecule has 0 aliphatic rings. The van der Waals surface area contributed by atoms with E-state index in [0.717, 1.165) is 30.3 Å². The van der Waals surface area contributed by atoms with Gasteiger partial charge in [0.2, 0.25) is 0 Å². The zero-order valence-electron chi connectivity index (χ0n) is 13.1. The summed E-state index contributed by atoms with van der Waals surface area (Å²) in [6.07, 6.45) is -9.19. The van der Waals surface area contributed by atoms with Crippen molar-refractivity contribution in [1.82, 2.24) is 4.98 Å². The molecule has 1 aromatic heterocycles. The Bertz CT molecular complexity index is 896. The molecule has 134 valence electrons. The van der Waals surface area contributed by atoms with Crippen LogP contribution in [0.3, 0.4) is 0 Å². The highest BCUT2D eigenvalue weighted by molar-refractivity contribution is 5.71. The number of alkyl halides is 6. The van der Waals surface area contributed by atoms with Crippen molar-refractivity contribution in [2.45, 2.75) is 12.4 Å². The van der Waals surface area contributed by atoms with Crippen LogP contribution in [0.15, 0.2) is 66.7 Å². The molecular formula is C19H11F6N. The first-order chi connectivity index (χ1) is 12.1. The number of benzene rings is 2. The van der Waals surface area contributed by atoms with Crippen molar-refractivity contribution in [3.63, 3.8) is 0 Å². The molecular weight excluding hydrogens is 356 g/mol. The summed E-state index contributed by atoms with van der Waals surface area (Å²) in [6, 6.07) is 14.5. The molecule has 0 fully saturated rings. The second-order valence-electron chi connectivity index (χ2n) is 5.57. The Morgan fingerprint density at radius 1 is 0.577 bits per heavy atom. The van der Waals surface area contributed by atoms with Crippen LogP contribution in [0, 0.1) is 0 Å².